The summed E-state index contributed by atoms with van der Waals surface area (Å²) in [6.07, 6.45) is 4.47. The molecule has 0 unspecified atom stereocenters. The van der Waals surface area contributed by atoms with Crippen LogP contribution in [0.1, 0.15) is 25.7 Å². The molecule has 2 aliphatic carbocycles. The fourth-order valence-corrected chi connectivity index (χ4v) is 2.22. The molecule has 0 heterocycles. The van der Waals surface area contributed by atoms with E-state index in [1.165, 1.54) is 0 Å². The molecule has 0 aromatic carbocycles. The van der Waals surface area contributed by atoms with E-state index in [0.717, 1.165) is 32.0 Å². The Balaban J connectivity index is 0.000000251. The van der Waals surface area contributed by atoms with Crippen LogP contribution in [0.2, 0.25) is 0 Å². The van der Waals surface area contributed by atoms with Crippen LogP contribution in [0.3, 0.4) is 0 Å². The highest BCUT2D eigenvalue weighted by Crippen LogP contribution is 2.56. The Morgan fingerprint density at radius 1 is 1.38 bits per heavy atom. The zero-order valence-electron chi connectivity index (χ0n) is 8.21. The number of rotatable bonds is 1. The van der Waals surface area contributed by atoms with Crippen molar-refractivity contribution in [1.82, 2.24) is 0 Å². The predicted octanol–water partition coefficient (Wildman–Crippen LogP) is 1.21. The first-order valence-electron chi connectivity index (χ1n) is 4.53. The summed E-state index contributed by atoms with van der Waals surface area (Å²) in [5.74, 6) is 0.650. The first kappa shape index (κ1) is 10.4. The molecular formula is C10H16O3. The van der Waals surface area contributed by atoms with E-state index < -0.39 is 0 Å². The third-order valence-electron chi connectivity index (χ3n) is 2.73. The van der Waals surface area contributed by atoms with Gasteiger partial charge in [-0.1, -0.05) is 0 Å². The lowest BCUT2D eigenvalue weighted by Gasteiger charge is -2.51. The van der Waals surface area contributed by atoms with Crippen molar-refractivity contribution in [3.63, 3.8) is 0 Å². The van der Waals surface area contributed by atoms with Crippen molar-refractivity contribution in [2.75, 3.05) is 14.2 Å². The van der Waals surface area contributed by atoms with Crippen molar-refractivity contribution in [1.29, 1.82) is 0 Å². The monoisotopic (exact) mass is 184 g/mol. The van der Waals surface area contributed by atoms with Crippen molar-refractivity contribution in [2.24, 2.45) is 11.3 Å². The number of carbonyl (C=O) groups is 2. The minimum absolute atomic E-state index is 0.271. The molecule has 0 N–H and O–H groups in total. The van der Waals surface area contributed by atoms with Crippen LogP contribution in [0.4, 0.5) is 0 Å². The van der Waals surface area contributed by atoms with E-state index in [0.29, 0.717) is 11.2 Å². The Morgan fingerprint density at radius 2 is 1.85 bits per heavy atom. The summed E-state index contributed by atoms with van der Waals surface area (Å²) in [7, 11) is 3.25. The van der Waals surface area contributed by atoms with Crippen LogP contribution in [0.15, 0.2) is 0 Å². The first-order valence-corrected chi connectivity index (χ1v) is 4.53. The van der Waals surface area contributed by atoms with Gasteiger partial charge in [-0.05, 0) is 18.3 Å². The van der Waals surface area contributed by atoms with Gasteiger partial charge in [0.1, 0.15) is 12.1 Å². The van der Waals surface area contributed by atoms with Crippen LogP contribution in [-0.2, 0) is 14.3 Å². The molecule has 0 atom stereocenters. The Bertz CT molecular complexity index is 194. The molecule has 13 heavy (non-hydrogen) atoms. The van der Waals surface area contributed by atoms with Crippen molar-refractivity contribution in [2.45, 2.75) is 25.7 Å². The van der Waals surface area contributed by atoms with Gasteiger partial charge in [0.15, 0.2) is 0 Å². The number of carbonyl (C=O) groups excluding carboxylic acids is 2. The Kier molecular flexibility index (Phi) is 3.20. The van der Waals surface area contributed by atoms with Crippen molar-refractivity contribution >= 4 is 12.1 Å². The number of ketones is 1. The molecule has 0 aliphatic heterocycles. The van der Waals surface area contributed by atoms with Crippen LogP contribution >= 0.6 is 0 Å². The summed E-state index contributed by atoms with van der Waals surface area (Å²) < 4.78 is 4.25. The summed E-state index contributed by atoms with van der Waals surface area (Å²) in [4.78, 5) is 20.8. The molecule has 74 valence electrons. The second-order valence-corrected chi connectivity index (χ2v) is 4.10. The summed E-state index contributed by atoms with van der Waals surface area (Å²) in [5, 5.41) is 0. The van der Waals surface area contributed by atoms with E-state index in [1.54, 1.807) is 14.2 Å². The molecule has 0 saturated heterocycles. The second kappa shape index (κ2) is 4.01. The smallest absolute Gasteiger partial charge is 0.134 e. The number of ether oxygens (including phenoxy) is 1. The summed E-state index contributed by atoms with van der Waals surface area (Å²) in [6, 6.07) is 0. The van der Waals surface area contributed by atoms with Crippen LogP contribution in [-0.4, -0.2) is 26.3 Å². The van der Waals surface area contributed by atoms with Crippen molar-refractivity contribution < 1.29 is 14.3 Å². The van der Waals surface area contributed by atoms with Crippen molar-refractivity contribution in [3.8, 4) is 0 Å². The lowest BCUT2D eigenvalue weighted by molar-refractivity contribution is -0.145. The highest BCUT2D eigenvalue weighted by atomic mass is 16.4. The van der Waals surface area contributed by atoms with Gasteiger partial charge in [-0.15, -0.1) is 0 Å². The van der Waals surface area contributed by atoms with Gasteiger partial charge in [0, 0.05) is 33.0 Å². The zero-order chi connectivity index (χ0) is 9.90. The Labute approximate surface area is 78.5 Å². The molecule has 3 nitrogen and oxygen atoms in total. The maximum Gasteiger partial charge on any atom is 0.134 e. The van der Waals surface area contributed by atoms with E-state index in [2.05, 4.69) is 4.74 Å². The third kappa shape index (κ3) is 2.15. The minimum Gasteiger partial charge on any atom is -0.388 e. The molecule has 0 aromatic heterocycles. The maximum absolute atomic E-state index is 10.6. The number of aldehydes is 1. The summed E-state index contributed by atoms with van der Waals surface area (Å²) in [6.45, 7) is 0. The first-order chi connectivity index (χ1) is 6.15. The lowest BCUT2D eigenvalue weighted by atomic mass is 9.52. The highest BCUT2D eigenvalue weighted by molar-refractivity contribution is 5.87. The number of Topliss-reactive ketones (excluding diaryl/α,β-unsaturated/α-hetero) is 1. The van der Waals surface area contributed by atoms with Gasteiger partial charge < -0.3 is 9.53 Å². The quantitative estimate of drug-likeness (QED) is 0.575. The molecule has 0 amide bonds. The molecule has 1 spiro atoms. The van der Waals surface area contributed by atoms with E-state index in [-0.39, 0.29) is 5.92 Å². The van der Waals surface area contributed by atoms with Gasteiger partial charge in [-0.25, -0.2) is 0 Å². The molecule has 0 bridgehead atoms. The fraction of sp³-hybridized carbons (Fsp3) is 0.800. The van der Waals surface area contributed by atoms with Gasteiger partial charge >= 0.3 is 0 Å². The summed E-state index contributed by atoms with van der Waals surface area (Å²) >= 11 is 0. The maximum atomic E-state index is 10.6. The fourth-order valence-electron chi connectivity index (χ4n) is 2.22. The molecule has 2 saturated carbocycles. The normalized spacial score (nSPS) is 24.0. The molecule has 2 fully saturated rings. The van der Waals surface area contributed by atoms with Gasteiger partial charge in [-0.2, -0.15) is 0 Å². The van der Waals surface area contributed by atoms with Crippen LogP contribution in [0, 0.1) is 11.3 Å². The number of hydrogen-bond acceptors (Lipinski definition) is 3. The average Bonchev–Trinajstić information content (AvgIpc) is 1.95. The van der Waals surface area contributed by atoms with Gasteiger partial charge in [-0.3, -0.25) is 4.79 Å². The largest absolute Gasteiger partial charge is 0.388 e. The van der Waals surface area contributed by atoms with E-state index >= 15 is 0 Å². The summed E-state index contributed by atoms with van der Waals surface area (Å²) in [5.41, 5.74) is 0.308. The topological polar surface area (TPSA) is 43.4 Å². The zero-order valence-corrected chi connectivity index (χ0v) is 8.21. The van der Waals surface area contributed by atoms with Gasteiger partial charge in [0.05, 0.1) is 0 Å². The Hall–Kier alpha value is -0.700. The van der Waals surface area contributed by atoms with Crippen LogP contribution < -0.4 is 0 Å². The standard InChI is InChI=1S/C8H10O2.C2H6O/c9-5-6-1-8(2-6)3-7(10)4-8;1-3-2/h5-6H,1-4H2;1-2H3. The van der Waals surface area contributed by atoms with E-state index in [4.69, 9.17) is 0 Å². The third-order valence-corrected chi connectivity index (χ3v) is 2.73. The average molecular weight is 184 g/mol. The van der Waals surface area contributed by atoms with Crippen LogP contribution in [0.5, 0.6) is 0 Å². The number of methoxy groups -OCH3 is 1. The molecular weight excluding hydrogens is 168 g/mol. The second-order valence-electron chi connectivity index (χ2n) is 4.10. The molecule has 2 aliphatic rings. The predicted molar refractivity (Wildman–Crippen MR) is 48.4 cm³/mol. The van der Waals surface area contributed by atoms with Crippen molar-refractivity contribution in [3.05, 3.63) is 0 Å². The molecule has 3 heteroatoms. The molecule has 0 aromatic rings. The molecule has 2 rings (SSSR count). The van der Waals surface area contributed by atoms with Gasteiger partial charge in [0.25, 0.3) is 0 Å². The lowest BCUT2D eigenvalue weighted by Crippen LogP contribution is -2.48. The van der Waals surface area contributed by atoms with E-state index in [1.807, 2.05) is 0 Å². The Morgan fingerprint density at radius 3 is 2.15 bits per heavy atom. The highest BCUT2D eigenvalue weighted by Gasteiger charge is 2.52. The van der Waals surface area contributed by atoms with Gasteiger partial charge in [0.2, 0.25) is 0 Å². The minimum atomic E-state index is 0.271. The molecule has 0 radical (unpaired) electrons. The number of hydrogen-bond donors (Lipinski definition) is 0. The van der Waals surface area contributed by atoms with Crippen LogP contribution in [0.25, 0.3) is 0 Å². The SMILES string of the molecule is COC.O=CC1CC2(CC(=O)C2)C1. The van der Waals surface area contributed by atoms with E-state index in [9.17, 15) is 9.59 Å².